The minimum absolute atomic E-state index is 0.213. The van der Waals surface area contributed by atoms with Crippen LogP contribution in [0.3, 0.4) is 0 Å². The van der Waals surface area contributed by atoms with Crippen molar-refractivity contribution >= 4 is 0 Å². The van der Waals surface area contributed by atoms with E-state index < -0.39 is 0 Å². The Morgan fingerprint density at radius 2 is 2.00 bits per heavy atom. The fourth-order valence-electron chi connectivity index (χ4n) is 2.64. The largest absolute Gasteiger partial charge is 0.496 e. The molecule has 0 amide bonds. The first kappa shape index (κ1) is 15.4. The first-order valence-corrected chi connectivity index (χ1v) is 7.15. The molecule has 0 aliphatic heterocycles. The van der Waals surface area contributed by atoms with E-state index in [4.69, 9.17) is 4.74 Å². The molecule has 2 aromatic rings. The molecule has 4 nitrogen and oxygen atoms in total. The van der Waals surface area contributed by atoms with E-state index >= 15 is 0 Å². The second kappa shape index (κ2) is 6.68. The zero-order chi connectivity index (χ0) is 15.4. The van der Waals surface area contributed by atoms with Gasteiger partial charge in [-0.3, -0.25) is 9.97 Å². The Morgan fingerprint density at radius 1 is 1.24 bits per heavy atom. The summed E-state index contributed by atoms with van der Waals surface area (Å²) in [6.07, 6.45) is 4.55. The normalized spacial score (nSPS) is 12.2. The number of aromatic nitrogens is 2. The summed E-state index contributed by atoms with van der Waals surface area (Å²) in [6, 6.07) is 4.38. The third-order valence-corrected chi connectivity index (χ3v) is 3.82. The SMILES string of the molecule is CNC(Cc1ncc(C)c(OC)c1C)c1ccnc(C)c1. The van der Waals surface area contributed by atoms with Crippen LogP contribution in [-0.2, 0) is 6.42 Å². The lowest BCUT2D eigenvalue weighted by Crippen LogP contribution is -2.20. The van der Waals surface area contributed by atoms with Gasteiger partial charge in [0.05, 0.1) is 7.11 Å². The highest BCUT2D eigenvalue weighted by Gasteiger charge is 2.16. The van der Waals surface area contributed by atoms with Crippen LogP contribution in [-0.4, -0.2) is 24.1 Å². The Morgan fingerprint density at radius 3 is 2.62 bits per heavy atom. The summed E-state index contributed by atoms with van der Waals surface area (Å²) in [5.74, 6) is 0.931. The van der Waals surface area contributed by atoms with Gasteiger partial charge in [0.2, 0.25) is 0 Å². The first-order valence-electron chi connectivity index (χ1n) is 7.15. The molecule has 2 aromatic heterocycles. The number of ether oxygens (including phenoxy) is 1. The number of hydrogen-bond donors (Lipinski definition) is 1. The first-order chi connectivity index (χ1) is 10.1. The average Bonchev–Trinajstić information content (AvgIpc) is 2.47. The zero-order valence-corrected chi connectivity index (χ0v) is 13.4. The molecule has 1 unspecified atom stereocenters. The topological polar surface area (TPSA) is 47.0 Å². The van der Waals surface area contributed by atoms with Crippen molar-refractivity contribution in [2.45, 2.75) is 33.2 Å². The van der Waals surface area contributed by atoms with Gasteiger partial charge in [0.25, 0.3) is 0 Å². The molecular formula is C17H23N3O. The standard InChI is InChI=1S/C17H23N3O/c1-11-10-20-15(13(3)17(11)21-5)9-16(18-4)14-6-7-19-12(2)8-14/h6-8,10,16,18H,9H2,1-5H3. The minimum Gasteiger partial charge on any atom is -0.496 e. The smallest absolute Gasteiger partial charge is 0.128 e. The van der Waals surface area contributed by atoms with Gasteiger partial charge in [0.1, 0.15) is 5.75 Å². The van der Waals surface area contributed by atoms with Gasteiger partial charge in [0, 0.05) is 47.4 Å². The summed E-state index contributed by atoms with van der Waals surface area (Å²) < 4.78 is 5.49. The summed E-state index contributed by atoms with van der Waals surface area (Å²) in [6.45, 7) is 6.09. The molecule has 0 fully saturated rings. The number of rotatable bonds is 5. The second-order valence-electron chi connectivity index (χ2n) is 5.32. The molecule has 0 aliphatic rings. The van der Waals surface area contributed by atoms with Crippen molar-refractivity contribution in [3.63, 3.8) is 0 Å². The summed E-state index contributed by atoms with van der Waals surface area (Å²) in [7, 11) is 3.68. The number of nitrogens with one attached hydrogen (secondary N) is 1. The van der Waals surface area contributed by atoms with E-state index in [9.17, 15) is 0 Å². The fraction of sp³-hybridized carbons (Fsp3) is 0.412. The number of methoxy groups -OCH3 is 1. The Bertz CT molecular complexity index is 625. The summed E-state index contributed by atoms with van der Waals surface area (Å²) >= 11 is 0. The fourth-order valence-corrected chi connectivity index (χ4v) is 2.64. The van der Waals surface area contributed by atoms with E-state index in [-0.39, 0.29) is 6.04 Å². The van der Waals surface area contributed by atoms with Crippen LogP contribution < -0.4 is 10.1 Å². The maximum atomic E-state index is 5.49. The highest BCUT2D eigenvalue weighted by Crippen LogP contribution is 2.27. The predicted octanol–water partition coefficient (Wildman–Crippen LogP) is 2.91. The van der Waals surface area contributed by atoms with Gasteiger partial charge in [-0.05, 0) is 45.5 Å². The van der Waals surface area contributed by atoms with Gasteiger partial charge < -0.3 is 10.1 Å². The Hall–Kier alpha value is -1.94. The van der Waals surface area contributed by atoms with Crippen molar-refractivity contribution in [1.82, 2.24) is 15.3 Å². The predicted molar refractivity (Wildman–Crippen MR) is 84.7 cm³/mol. The van der Waals surface area contributed by atoms with Crippen LogP contribution in [0.2, 0.25) is 0 Å². The highest BCUT2D eigenvalue weighted by atomic mass is 16.5. The zero-order valence-electron chi connectivity index (χ0n) is 13.4. The van der Waals surface area contributed by atoms with Crippen LogP contribution in [0.25, 0.3) is 0 Å². The van der Waals surface area contributed by atoms with Crippen LogP contribution in [0, 0.1) is 20.8 Å². The monoisotopic (exact) mass is 285 g/mol. The quantitative estimate of drug-likeness (QED) is 0.917. The van der Waals surface area contributed by atoms with E-state index in [1.54, 1.807) is 7.11 Å². The van der Waals surface area contributed by atoms with E-state index in [2.05, 4.69) is 34.3 Å². The molecule has 0 aromatic carbocycles. The lowest BCUT2D eigenvalue weighted by molar-refractivity contribution is 0.406. The molecular weight excluding hydrogens is 262 g/mol. The summed E-state index contributed by atoms with van der Waals surface area (Å²) in [5, 5.41) is 3.36. The number of pyridine rings is 2. The van der Waals surface area contributed by atoms with Crippen LogP contribution in [0.5, 0.6) is 5.75 Å². The van der Waals surface area contributed by atoms with Gasteiger partial charge in [-0.25, -0.2) is 0 Å². The van der Waals surface area contributed by atoms with Crippen LogP contribution in [0.15, 0.2) is 24.5 Å². The van der Waals surface area contributed by atoms with Crippen molar-refractivity contribution in [3.05, 3.63) is 52.6 Å². The lowest BCUT2D eigenvalue weighted by atomic mass is 9.99. The van der Waals surface area contributed by atoms with Crippen LogP contribution in [0.1, 0.15) is 34.1 Å². The van der Waals surface area contributed by atoms with E-state index in [1.165, 1.54) is 5.56 Å². The van der Waals surface area contributed by atoms with Crippen molar-refractivity contribution in [2.24, 2.45) is 0 Å². The van der Waals surface area contributed by atoms with Gasteiger partial charge in [-0.1, -0.05) is 0 Å². The second-order valence-corrected chi connectivity index (χ2v) is 5.32. The third kappa shape index (κ3) is 3.39. The number of nitrogens with zero attached hydrogens (tertiary/aromatic N) is 2. The van der Waals surface area contributed by atoms with Crippen molar-refractivity contribution in [2.75, 3.05) is 14.2 Å². The number of aryl methyl sites for hydroxylation is 2. The van der Waals surface area contributed by atoms with E-state index in [0.717, 1.165) is 34.7 Å². The molecule has 4 heteroatoms. The molecule has 112 valence electrons. The molecule has 0 bridgehead atoms. The maximum absolute atomic E-state index is 5.49. The van der Waals surface area contributed by atoms with Gasteiger partial charge in [-0.2, -0.15) is 0 Å². The highest BCUT2D eigenvalue weighted by molar-refractivity contribution is 5.41. The maximum Gasteiger partial charge on any atom is 0.128 e. The molecule has 21 heavy (non-hydrogen) atoms. The molecule has 1 N–H and O–H groups in total. The number of hydrogen-bond acceptors (Lipinski definition) is 4. The molecule has 0 saturated carbocycles. The van der Waals surface area contributed by atoms with Crippen LogP contribution >= 0.6 is 0 Å². The molecule has 1 atom stereocenters. The Balaban J connectivity index is 2.31. The molecule has 0 spiro atoms. The van der Waals surface area contributed by atoms with Gasteiger partial charge in [0.15, 0.2) is 0 Å². The third-order valence-electron chi connectivity index (χ3n) is 3.82. The van der Waals surface area contributed by atoms with Crippen molar-refractivity contribution in [3.8, 4) is 5.75 Å². The molecule has 2 heterocycles. The van der Waals surface area contributed by atoms with Crippen molar-refractivity contribution < 1.29 is 4.74 Å². The van der Waals surface area contributed by atoms with E-state index in [0.29, 0.717) is 0 Å². The van der Waals surface area contributed by atoms with E-state index in [1.807, 2.05) is 33.3 Å². The van der Waals surface area contributed by atoms with Crippen LogP contribution in [0.4, 0.5) is 0 Å². The lowest BCUT2D eigenvalue weighted by Gasteiger charge is -2.19. The Labute approximate surface area is 126 Å². The molecule has 2 rings (SSSR count). The molecule has 0 radical (unpaired) electrons. The minimum atomic E-state index is 0.213. The summed E-state index contributed by atoms with van der Waals surface area (Å²) in [4.78, 5) is 8.84. The van der Waals surface area contributed by atoms with Gasteiger partial charge in [-0.15, -0.1) is 0 Å². The Kier molecular flexibility index (Phi) is 4.91. The van der Waals surface area contributed by atoms with Crippen molar-refractivity contribution in [1.29, 1.82) is 0 Å². The molecule has 0 saturated heterocycles. The number of likely N-dealkylation sites (N-methyl/N-ethyl adjacent to an activating group) is 1. The van der Waals surface area contributed by atoms with Gasteiger partial charge >= 0.3 is 0 Å². The molecule has 0 aliphatic carbocycles. The average molecular weight is 285 g/mol. The summed E-state index contributed by atoms with van der Waals surface area (Å²) in [5.41, 5.74) is 5.50.